The third-order valence-electron chi connectivity index (χ3n) is 2.76. The SMILES string of the molecule is Cc1nc(C(=O)N(C)[C@H]2CNC[C@@H]2O)n[nH]1. The van der Waals surface area contributed by atoms with E-state index in [9.17, 15) is 9.90 Å². The summed E-state index contributed by atoms with van der Waals surface area (Å²) >= 11 is 0. The number of aryl methyl sites for hydroxylation is 1. The molecule has 0 bridgehead atoms. The number of likely N-dealkylation sites (N-methyl/N-ethyl adjacent to an activating group) is 1. The molecule has 0 aromatic carbocycles. The lowest BCUT2D eigenvalue weighted by molar-refractivity contribution is 0.0570. The summed E-state index contributed by atoms with van der Waals surface area (Å²) in [7, 11) is 1.65. The van der Waals surface area contributed by atoms with Crippen molar-refractivity contribution in [2.24, 2.45) is 0 Å². The van der Waals surface area contributed by atoms with Gasteiger partial charge in [-0.15, -0.1) is 5.10 Å². The second-order valence-electron chi connectivity index (χ2n) is 3.95. The highest BCUT2D eigenvalue weighted by atomic mass is 16.3. The number of hydrogen-bond donors (Lipinski definition) is 3. The van der Waals surface area contributed by atoms with Gasteiger partial charge in [-0.25, -0.2) is 4.98 Å². The van der Waals surface area contributed by atoms with Crippen LogP contribution in [0.1, 0.15) is 16.4 Å². The Balaban J connectivity index is 2.10. The number of rotatable bonds is 2. The van der Waals surface area contributed by atoms with E-state index in [1.165, 1.54) is 4.90 Å². The Labute approximate surface area is 92.9 Å². The first-order chi connectivity index (χ1) is 7.59. The molecule has 1 fully saturated rings. The van der Waals surface area contributed by atoms with Gasteiger partial charge in [-0.3, -0.25) is 9.89 Å². The number of aliphatic hydroxyl groups is 1. The minimum Gasteiger partial charge on any atom is -0.390 e. The van der Waals surface area contributed by atoms with Gasteiger partial charge in [0.15, 0.2) is 0 Å². The van der Waals surface area contributed by atoms with Crippen LogP contribution in [-0.4, -0.2) is 63.4 Å². The van der Waals surface area contributed by atoms with Crippen molar-refractivity contribution in [2.75, 3.05) is 20.1 Å². The Morgan fingerprint density at radius 1 is 1.56 bits per heavy atom. The van der Waals surface area contributed by atoms with Crippen LogP contribution in [0.25, 0.3) is 0 Å². The number of aliphatic hydroxyl groups excluding tert-OH is 1. The summed E-state index contributed by atoms with van der Waals surface area (Å²) in [5, 5.41) is 19.1. The quantitative estimate of drug-likeness (QED) is 0.570. The fourth-order valence-corrected chi connectivity index (χ4v) is 1.79. The maximum Gasteiger partial charge on any atom is 0.293 e. The van der Waals surface area contributed by atoms with Crippen molar-refractivity contribution in [1.82, 2.24) is 25.4 Å². The third-order valence-corrected chi connectivity index (χ3v) is 2.76. The molecule has 1 amide bonds. The highest BCUT2D eigenvalue weighted by molar-refractivity contribution is 5.90. The molecular weight excluding hydrogens is 210 g/mol. The Hall–Kier alpha value is -1.47. The van der Waals surface area contributed by atoms with E-state index in [4.69, 9.17) is 0 Å². The summed E-state index contributed by atoms with van der Waals surface area (Å²) in [4.78, 5) is 17.4. The van der Waals surface area contributed by atoms with Gasteiger partial charge in [0.25, 0.3) is 5.91 Å². The molecule has 0 unspecified atom stereocenters. The average Bonchev–Trinajstić information content (AvgIpc) is 2.85. The molecular formula is C9H15N5O2. The van der Waals surface area contributed by atoms with Gasteiger partial charge >= 0.3 is 0 Å². The van der Waals surface area contributed by atoms with E-state index in [0.717, 1.165) is 0 Å². The lowest BCUT2D eigenvalue weighted by Gasteiger charge is -2.25. The molecule has 16 heavy (non-hydrogen) atoms. The molecule has 0 spiro atoms. The molecule has 1 aromatic heterocycles. The third kappa shape index (κ3) is 1.91. The Morgan fingerprint density at radius 3 is 2.81 bits per heavy atom. The minimum absolute atomic E-state index is 0.138. The second kappa shape index (κ2) is 4.18. The zero-order valence-electron chi connectivity index (χ0n) is 9.27. The molecule has 0 saturated carbocycles. The number of carbonyl (C=O) groups excluding carboxylic acids is 1. The van der Waals surface area contributed by atoms with Gasteiger partial charge in [-0.2, -0.15) is 0 Å². The lowest BCUT2D eigenvalue weighted by Crippen LogP contribution is -2.44. The summed E-state index contributed by atoms with van der Waals surface area (Å²) in [6.45, 7) is 2.83. The van der Waals surface area contributed by atoms with Crippen LogP contribution in [0.4, 0.5) is 0 Å². The maximum absolute atomic E-state index is 11.9. The molecule has 88 valence electrons. The number of aromatic amines is 1. The first-order valence-electron chi connectivity index (χ1n) is 5.14. The second-order valence-corrected chi connectivity index (χ2v) is 3.95. The summed E-state index contributed by atoms with van der Waals surface area (Å²) in [5.41, 5.74) is 0. The number of hydrogen-bond acceptors (Lipinski definition) is 5. The van der Waals surface area contributed by atoms with E-state index in [2.05, 4.69) is 20.5 Å². The lowest BCUT2D eigenvalue weighted by atomic mass is 10.2. The molecule has 2 atom stereocenters. The predicted octanol–water partition coefficient (Wildman–Crippen LogP) is -1.48. The van der Waals surface area contributed by atoms with Crippen LogP contribution >= 0.6 is 0 Å². The van der Waals surface area contributed by atoms with Crippen molar-refractivity contribution in [1.29, 1.82) is 0 Å². The van der Waals surface area contributed by atoms with Crippen molar-refractivity contribution in [3.8, 4) is 0 Å². The van der Waals surface area contributed by atoms with Gasteiger partial charge in [0.2, 0.25) is 5.82 Å². The minimum atomic E-state index is -0.533. The van der Waals surface area contributed by atoms with Crippen LogP contribution in [0.15, 0.2) is 0 Å². The van der Waals surface area contributed by atoms with Gasteiger partial charge in [-0.05, 0) is 6.92 Å². The molecule has 1 saturated heterocycles. The van der Waals surface area contributed by atoms with E-state index in [0.29, 0.717) is 18.9 Å². The molecule has 1 aliphatic heterocycles. The zero-order chi connectivity index (χ0) is 11.7. The Morgan fingerprint density at radius 2 is 2.31 bits per heavy atom. The van der Waals surface area contributed by atoms with Crippen molar-refractivity contribution in [3.63, 3.8) is 0 Å². The standard InChI is InChI=1S/C9H15N5O2/c1-5-11-8(13-12-5)9(16)14(2)6-3-10-4-7(6)15/h6-7,10,15H,3-4H2,1-2H3,(H,11,12,13)/t6-,7-/m0/s1. The fraction of sp³-hybridized carbons (Fsp3) is 0.667. The summed E-state index contributed by atoms with van der Waals surface area (Å²) in [6.07, 6.45) is -0.533. The number of H-pyrrole nitrogens is 1. The van der Waals surface area contributed by atoms with Crippen molar-refractivity contribution < 1.29 is 9.90 Å². The highest BCUT2D eigenvalue weighted by Crippen LogP contribution is 2.09. The van der Waals surface area contributed by atoms with Gasteiger partial charge in [0.1, 0.15) is 5.82 Å². The number of nitrogens with one attached hydrogen (secondary N) is 2. The predicted molar refractivity (Wildman–Crippen MR) is 55.9 cm³/mol. The Kier molecular flexibility index (Phi) is 2.88. The smallest absolute Gasteiger partial charge is 0.293 e. The molecule has 2 rings (SSSR count). The Bertz CT molecular complexity index is 391. The zero-order valence-corrected chi connectivity index (χ0v) is 9.27. The summed E-state index contributed by atoms with van der Waals surface area (Å²) in [5.74, 6) is 0.457. The van der Waals surface area contributed by atoms with Crippen LogP contribution in [0.2, 0.25) is 0 Å². The molecule has 7 heteroatoms. The molecule has 1 aliphatic rings. The molecule has 2 heterocycles. The maximum atomic E-state index is 11.9. The molecule has 3 N–H and O–H groups in total. The van der Waals surface area contributed by atoms with Crippen molar-refractivity contribution in [2.45, 2.75) is 19.1 Å². The van der Waals surface area contributed by atoms with E-state index in [-0.39, 0.29) is 17.8 Å². The van der Waals surface area contributed by atoms with E-state index in [1.54, 1.807) is 14.0 Å². The van der Waals surface area contributed by atoms with E-state index in [1.807, 2.05) is 0 Å². The summed E-state index contributed by atoms with van der Waals surface area (Å²) in [6, 6.07) is -0.216. The number of carbonyl (C=O) groups is 1. The van der Waals surface area contributed by atoms with Crippen LogP contribution in [-0.2, 0) is 0 Å². The van der Waals surface area contributed by atoms with Gasteiger partial charge in [0.05, 0.1) is 12.1 Å². The normalized spacial score (nSPS) is 24.7. The molecule has 1 aromatic rings. The van der Waals surface area contributed by atoms with Gasteiger partial charge in [-0.1, -0.05) is 0 Å². The summed E-state index contributed by atoms with van der Waals surface area (Å²) < 4.78 is 0. The van der Waals surface area contributed by atoms with Gasteiger partial charge < -0.3 is 15.3 Å². The van der Waals surface area contributed by atoms with Crippen LogP contribution in [0, 0.1) is 6.92 Å². The number of β-amino-alcohol motifs (C(OH)–C–C–N with tert-alkyl or cyclic N) is 1. The first kappa shape index (κ1) is 11.0. The van der Waals surface area contributed by atoms with Crippen molar-refractivity contribution >= 4 is 5.91 Å². The topological polar surface area (TPSA) is 94.1 Å². The molecule has 0 radical (unpaired) electrons. The van der Waals surface area contributed by atoms with E-state index < -0.39 is 6.10 Å². The van der Waals surface area contributed by atoms with Gasteiger partial charge in [0, 0.05) is 20.1 Å². The number of aromatic nitrogens is 3. The van der Waals surface area contributed by atoms with Crippen LogP contribution in [0.3, 0.4) is 0 Å². The first-order valence-corrected chi connectivity index (χ1v) is 5.14. The number of nitrogens with zero attached hydrogens (tertiary/aromatic N) is 3. The fourth-order valence-electron chi connectivity index (χ4n) is 1.79. The van der Waals surface area contributed by atoms with Crippen molar-refractivity contribution in [3.05, 3.63) is 11.6 Å². The average molecular weight is 225 g/mol. The van der Waals surface area contributed by atoms with Crippen LogP contribution < -0.4 is 5.32 Å². The largest absolute Gasteiger partial charge is 0.390 e. The number of amides is 1. The molecule has 7 nitrogen and oxygen atoms in total. The monoisotopic (exact) mass is 225 g/mol. The molecule has 0 aliphatic carbocycles. The van der Waals surface area contributed by atoms with Crippen LogP contribution in [0.5, 0.6) is 0 Å². The highest BCUT2D eigenvalue weighted by Gasteiger charge is 2.32. The van der Waals surface area contributed by atoms with E-state index >= 15 is 0 Å².